The fourth-order valence-corrected chi connectivity index (χ4v) is 0. The summed E-state index contributed by atoms with van der Waals surface area (Å²) in [6.07, 6.45) is 0.750. The second-order valence-electron chi connectivity index (χ2n) is 1.01. The summed E-state index contributed by atoms with van der Waals surface area (Å²) in [7, 11) is 0. The monoisotopic (exact) mass is 203 g/mol. The first-order valence-electron chi connectivity index (χ1n) is 1.81. The van der Waals surface area contributed by atoms with E-state index < -0.39 is 9.63 Å². The van der Waals surface area contributed by atoms with Crippen molar-refractivity contribution in [2.75, 3.05) is 0 Å². The molecule has 7 heteroatoms. The number of alkyl halides is 3. The van der Waals surface area contributed by atoms with Crippen LogP contribution < -0.4 is 5.73 Å². The van der Waals surface area contributed by atoms with Gasteiger partial charge in [-0.25, -0.2) is 10.2 Å². The second-order valence-corrected chi connectivity index (χ2v) is 3.29. The summed E-state index contributed by atoms with van der Waals surface area (Å²) >= 11 is 15.1. The summed E-state index contributed by atoms with van der Waals surface area (Å²) in [5.74, 6) is -0.461. The van der Waals surface area contributed by atoms with Crippen molar-refractivity contribution < 1.29 is 4.79 Å². The van der Waals surface area contributed by atoms with E-state index in [2.05, 4.69) is 0 Å². The highest BCUT2D eigenvalue weighted by atomic mass is 35.6. The Hall–Kier alpha value is -0.280. The van der Waals surface area contributed by atoms with Crippen LogP contribution in [0, 0.1) is 10.8 Å². The normalized spacial score (nSPS) is 8.70. The molecular formula is C3H4Cl3N3O. The van der Waals surface area contributed by atoms with Crippen LogP contribution in [0.25, 0.3) is 0 Å². The molecule has 4 N–H and O–H groups in total. The van der Waals surface area contributed by atoms with E-state index in [1.54, 1.807) is 0 Å². The minimum atomic E-state index is -1.72. The average Bonchev–Trinajstić information content (AvgIpc) is 1.64. The molecule has 0 saturated heterocycles. The van der Waals surface area contributed by atoms with E-state index in [9.17, 15) is 0 Å². The van der Waals surface area contributed by atoms with E-state index in [4.69, 9.17) is 56.1 Å². The first kappa shape index (κ1) is 12.4. The molecular weight excluding hydrogens is 200 g/mol. The average molecular weight is 204 g/mol. The van der Waals surface area contributed by atoms with Crippen LogP contribution in [0.2, 0.25) is 0 Å². The zero-order valence-electron chi connectivity index (χ0n) is 4.62. The zero-order valence-corrected chi connectivity index (χ0v) is 6.89. The van der Waals surface area contributed by atoms with Crippen molar-refractivity contribution >= 4 is 46.7 Å². The maximum Gasteiger partial charge on any atom is 0.246 e. The van der Waals surface area contributed by atoms with Crippen LogP contribution in [0.1, 0.15) is 0 Å². The molecule has 0 spiro atoms. The van der Waals surface area contributed by atoms with Crippen molar-refractivity contribution in [1.82, 2.24) is 0 Å². The molecule has 0 atom stereocenters. The van der Waals surface area contributed by atoms with Crippen molar-refractivity contribution in [2.24, 2.45) is 5.73 Å². The molecule has 0 aromatic carbocycles. The van der Waals surface area contributed by atoms with Gasteiger partial charge in [-0.15, -0.1) is 0 Å². The fraction of sp³-hybridized carbons (Fsp3) is 0.333. The third-order valence-corrected chi connectivity index (χ3v) is 0.916. The Bertz CT molecular complexity index is 146. The molecule has 0 saturated carbocycles. The van der Waals surface area contributed by atoms with E-state index in [-0.39, 0.29) is 0 Å². The number of carbonyl (C=O) groups excluding carboxylic acids is 1. The van der Waals surface area contributed by atoms with Gasteiger partial charge in [-0.2, -0.15) is 0 Å². The number of isocyanates is 1. The molecule has 10 heavy (non-hydrogen) atoms. The second kappa shape index (κ2) is 5.50. The molecule has 0 radical (unpaired) electrons. The van der Waals surface area contributed by atoms with Crippen molar-refractivity contribution in [3.63, 3.8) is 0 Å². The lowest BCUT2D eigenvalue weighted by Gasteiger charge is -2.04. The summed E-state index contributed by atoms with van der Waals surface area (Å²) in [6, 6.07) is 0. The highest BCUT2D eigenvalue weighted by molar-refractivity contribution is 6.76. The Balaban J connectivity index is 0. The summed E-state index contributed by atoms with van der Waals surface area (Å²) in [5, 5.41) is 11.9. The minimum absolute atomic E-state index is 0.461. The molecule has 0 aliphatic heterocycles. The molecule has 58 valence electrons. The Morgan fingerprint density at radius 2 is 1.60 bits per heavy atom. The van der Waals surface area contributed by atoms with Gasteiger partial charge < -0.3 is 5.73 Å². The van der Waals surface area contributed by atoms with Crippen molar-refractivity contribution in [2.45, 2.75) is 3.79 Å². The van der Waals surface area contributed by atoms with Crippen molar-refractivity contribution in [3.8, 4) is 0 Å². The Morgan fingerprint density at radius 3 is 1.60 bits per heavy atom. The van der Waals surface area contributed by atoms with Gasteiger partial charge in [0.1, 0.15) is 5.84 Å². The first-order valence-corrected chi connectivity index (χ1v) is 2.94. The number of rotatable bonds is 0. The van der Waals surface area contributed by atoms with Crippen LogP contribution in [0.15, 0.2) is 0 Å². The van der Waals surface area contributed by atoms with Gasteiger partial charge in [0.2, 0.25) is 9.87 Å². The molecule has 0 aromatic rings. The van der Waals surface area contributed by atoms with Gasteiger partial charge in [0.25, 0.3) is 0 Å². The van der Waals surface area contributed by atoms with Crippen LogP contribution in [0.3, 0.4) is 0 Å². The van der Waals surface area contributed by atoms with Gasteiger partial charge in [0, 0.05) is 0 Å². The maximum atomic E-state index is 8.35. The van der Waals surface area contributed by atoms with E-state index in [1.807, 2.05) is 0 Å². The number of amidine groups is 1. The van der Waals surface area contributed by atoms with Crippen LogP contribution in [-0.2, 0) is 4.79 Å². The molecule has 0 amide bonds. The highest BCUT2D eigenvalue weighted by Gasteiger charge is 2.22. The lowest BCUT2D eigenvalue weighted by molar-refractivity contribution is 0.563. The molecule has 0 unspecified atom stereocenters. The summed E-state index contributed by atoms with van der Waals surface area (Å²) in [5.41, 5.74) is 4.76. The van der Waals surface area contributed by atoms with E-state index >= 15 is 0 Å². The third-order valence-electron chi connectivity index (χ3n) is 0.305. The zero-order chi connectivity index (χ0) is 8.78. The van der Waals surface area contributed by atoms with E-state index in [1.165, 1.54) is 0 Å². The Labute approximate surface area is 72.3 Å². The minimum Gasteiger partial charge on any atom is -0.384 e. The summed E-state index contributed by atoms with van der Waals surface area (Å²) in [6.45, 7) is 0. The predicted octanol–water partition coefficient (Wildman–Crippen LogP) is 1.19. The standard InChI is InChI=1S/C2H3Cl3N2.CHNO/c3-2(4,5)1(6)7;2-1-3/h(H3,6,7);2H. The van der Waals surface area contributed by atoms with E-state index in [0.717, 1.165) is 6.08 Å². The first-order chi connectivity index (χ1) is 4.36. The van der Waals surface area contributed by atoms with Crippen molar-refractivity contribution in [1.29, 1.82) is 10.8 Å². The van der Waals surface area contributed by atoms with Gasteiger partial charge in [0.15, 0.2) is 0 Å². The lowest BCUT2D eigenvalue weighted by Crippen LogP contribution is -2.26. The molecule has 0 rings (SSSR count). The topological polar surface area (TPSA) is 90.8 Å². The largest absolute Gasteiger partial charge is 0.384 e. The molecule has 0 aliphatic rings. The lowest BCUT2D eigenvalue weighted by atomic mass is 10.7. The quantitative estimate of drug-likeness (QED) is 0.239. The fourth-order valence-electron chi connectivity index (χ4n) is 0. The van der Waals surface area contributed by atoms with Crippen LogP contribution in [0.4, 0.5) is 0 Å². The molecule has 0 bridgehead atoms. The molecule has 0 fully saturated rings. The van der Waals surface area contributed by atoms with Gasteiger partial charge >= 0.3 is 0 Å². The number of hydrogen-bond acceptors (Lipinski definition) is 3. The SMILES string of the molecule is N=C(N)C(Cl)(Cl)Cl.N=C=O. The molecule has 0 heterocycles. The number of halogens is 3. The van der Waals surface area contributed by atoms with Gasteiger partial charge in [-0.1, -0.05) is 34.8 Å². The molecule has 4 nitrogen and oxygen atoms in total. The van der Waals surface area contributed by atoms with E-state index in [0.29, 0.717) is 0 Å². The molecule has 0 aromatic heterocycles. The number of nitrogens with two attached hydrogens (primary N) is 1. The third kappa shape index (κ3) is 10.7. The van der Waals surface area contributed by atoms with Crippen LogP contribution >= 0.6 is 34.8 Å². The van der Waals surface area contributed by atoms with Gasteiger partial charge in [-0.05, 0) is 0 Å². The maximum absolute atomic E-state index is 8.35. The summed E-state index contributed by atoms with van der Waals surface area (Å²) < 4.78 is -1.72. The Morgan fingerprint density at radius 1 is 1.50 bits per heavy atom. The van der Waals surface area contributed by atoms with Gasteiger partial charge in [0.05, 0.1) is 0 Å². The van der Waals surface area contributed by atoms with Crippen molar-refractivity contribution in [3.05, 3.63) is 0 Å². The smallest absolute Gasteiger partial charge is 0.246 e. The summed E-state index contributed by atoms with van der Waals surface area (Å²) in [4.78, 5) is 8.35. The van der Waals surface area contributed by atoms with Gasteiger partial charge in [-0.3, -0.25) is 5.41 Å². The van der Waals surface area contributed by atoms with Crippen LogP contribution in [-0.4, -0.2) is 15.7 Å². The number of nitrogens with one attached hydrogen (secondary N) is 2. The molecule has 0 aliphatic carbocycles. The predicted molar refractivity (Wildman–Crippen MR) is 40.6 cm³/mol. The van der Waals surface area contributed by atoms with Crippen LogP contribution in [0.5, 0.6) is 0 Å². The number of hydrogen-bond donors (Lipinski definition) is 3. The Kier molecular flexibility index (Phi) is 6.82. The highest BCUT2D eigenvalue weighted by Crippen LogP contribution is 2.24.